The van der Waals surface area contributed by atoms with Crippen molar-refractivity contribution in [2.75, 3.05) is 6.61 Å². The van der Waals surface area contributed by atoms with Gasteiger partial charge >= 0.3 is 12.1 Å². The second-order valence-electron chi connectivity index (χ2n) is 9.36. The molecule has 0 unspecified atom stereocenters. The summed E-state index contributed by atoms with van der Waals surface area (Å²) in [4.78, 5) is 40.7. The molecule has 0 aromatic heterocycles. The molecule has 1 aliphatic heterocycles. The van der Waals surface area contributed by atoms with Crippen molar-refractivity contribution >= 4 is 18.0 Å². The first-order chi connectivity index (χ1) is 19.4. The van der Waals surface area contributed by atoms with Gasteiger partial charge in [0.2, 0.25) is 0 Å². The van der Waals surface area contributed by atoms with Crippen molar-refractivity contribution in [1.82, 2.24) is 10.2 Å². The maximum Gasteiger partial charge on any atom is 0.408 e. The number of amides is 2. The summed E-state index contributed by atoms with van der Waals surface area (Å²) in [5.41, 5.74) is 2.97. The lowest BCUT2D eigenvalue weighted by Crippen LogP contribution is -2.71. The standard InChI is InChI=1S/C32H32N2O6/c1-4-20-38-30-26(33-32(37)39-21-23-14-8-5-9-15-23)29(35)34(30)27(22(2)3)31(36)40-28(24-16-10-6-11-17-24)25-18-12-7-13-19-25/h4-19,26,28,30H,1,20-21H2,2-3H3,(H,33,37)/t26-,30-/m0/s1. The molecule has 2 atom stereocenters. The number of alkyl carbamates (subject to hydrolysis) is 1. The lowest BCUT2D eigenvalue weighted by atomic mass is 10.00. The van der Waals surface area contributed by atoms with E-state index in [1.54, 1.807) is 13.8 Å². The highest BCUT2D eigenvalue weighted by Crippen LogP contribution is 2.32. The van der Waals surface area contributed by atoms with Gasteiger partial charge in [0.15, 0.2) is 18.4 Å². The number of nitrogens with one attached hydrogen (secondary N) is 1. The fraction of sp³-hybridized carbons (Fsp3) is 0.219. The number of β-lactam (4-membered cyclic amide) rings is 1. The second-order valence-corrected chi connectivity index (χ2v) is 9.36. The molecule has 2 amide bonds. The molecule has 40 heavy (non-hydrogen) atoms. The van der Waals surface area contributed by atoms with Gasteiger partial charge in [-0.15, -0.1) is 6.58 Å². The lowest BCUT2D eigenvalue weighted by molar-refractivity contribution is -0.179. The van der Waals surface area contributed by atoms with Crippen LogP contribution in [0.25, 0.3) is 0 Å². The molecule has 8 heteroatoms. The molecule has 1 aliphatic rings. The topological polar surface area (TPSA) is 94.2 Å². The molecular weight excluding hydrogens is 508 g/mol. The number of hydrogen-bond acceptors (Lipinski definition) is 6. The van der Waals surface area contributed by atoms with Crippen molar-refractivity contribution in [2.45, 2.75) is 38.8 Å². The maximum atomic E-state index is 13.7. The van der Waals surface area contributed by atoms with E-state index >= 15 is 0 Å². The van der Waals surface area contributed by atoms with Crippen LogP contribution in [-0.4, -0.2) is 41.7 Å². The van der Waals surface area contributed by atoms with Crippen molar-refractivity contribution in [3.63, 3.8) is 0 Å². The van der Waals surface area contributed by atoms with Gasteiger partial charge in [-0.3, -0.25) is 9.69 Å². The van der Waals surface area contributed by atoms with E-state index in [9.17, 15) is 14.4 Å². The molecule has 1 heterocycles. The van der Waals surface area contributed by atoms with Crippen molar-refractivity contribution in [2.24, 2.45) is 0 Å². The quantitative estimate of drug-likeness (QED) is 0.154. The summed E-state index contributed by atoms with van der Waals surface area (Å²) in [5, 5.41) is 2.56. The van der Waals surface area contributed by atoms with Crippen molar-refractivity contribution in [1.29, 1.82) is 0 Å². The number of carbonyl (C=O) groups is 3. The molecule has 8 nitrogen and oxygen atoms in total. The number of allylic oxidation sites excluding steroid dienone is 1. The molecule has 1 saturated heterocycles. The number of benzene rings is 3. The van der Waals surface area contributed by atoms with Crippen molar-refractivity contribution in [3.05, 3.63) is 132 Å². The normalized spacial score (nSPS) is 16.1. The summed E-state index contributed by atoms with van der Waals surface area (Å²) in [6, 6.07) is 26.9. The molecular formula is C32H32N2O6. The molecule has 1 N–H and O–H groups in total. The van der Waals surface area contributed by atoms with Crippen LogP contribution in [0.1, 0.15) is 36.6 Å². The number of nitrogens with zero attached hydrogens (tertiary/aromatic N) is 1. The molecule has 3 aromatic rings. The van der Waals surface area contributed by atoms with Gasteiger partial charge in [-0.05, 0) is 36.1 Å². The Kier molecular flexibility index (Phi) is 9.48. The van der Waals surface area contributed by atoms with Crippen LogP contribution in [-0.2, 0) is 30.4 Å². The zero-order valence-corrected chi connectivity index (χ0v) is 22.5. The monoisotopic (exact) mass is 540 g/mol. The van der Waals surface area contributed by atoms with Gasteiger partial charge in [0.1, 0.15) is 12.3 Å². The highest BCUT2D eigenvalue weighted by molar-refractivity contribution is 6.01. The Morgan fingerprint density at radius 2 is 1.48 bits per heavy atom. The number of likely N-dealkylation sites (tertiary alicyclic amines) is 1. The van der Waals surface area contributed by atoms with Crippen LogP contribution in [0.5, 0.6) is 0 Å². The third-order valence-electron chi connectivity index (χ3n) is 6.25. The average Bonchev–Trinajstić information content (AvgIpc) is 2.98. The van der Waals surface area contributed by atoms with Gasteiger partial charge < -0.3 is 19.5 Å². The predicted molar refractivity (Wildman–Crippen MR) is 150 cm³/mol. The lowest BCUT2D eigenvalue weighted by Gasteiger charge is -2.46. The van der Waals surface area contributed by atoms with Crippen LogP contribution in [0, 0.1) is 0 Å². The van der Waals surface area contributed by atoms with Crippen LogP contribution >= 0.6 is 0 Å². The van der Waals surface area contributed by atoms with Crippen LogP contribution < -0.4 is 5.32 Å². The van der Waals surface area contributed by atoms with E-state index in [-0.39, 0.29) is 18.9 Å². The first-order valence-electron chi connectivity index (χ1n) is 12.9. The predicted octanol–water partition coefficient (Wildman–Crippen LogP) is 5.28. The summed E-state index contributed by atoms with van der Waals surface area (Å²) in [6.07, 6.45) is -0.912. The Labute approximate surface area is 233 Å². The largest absolute Gasteiger partial charge is 0.448 e. The smallest absolute Gasteiger partial charge is 0.408 e. The summed E-state index contributed by atoms with van der Waals surface area (Å²) < 4.78 is 17.1. The second kappa shape index (κ2) is 13.4. The Bertz CT molecular complexity index is 1310. The van der Waals surface area contributed by atoms with Gasteiger partial charge in [-0.1, -0.05) is 97.1 Å². The molecule has 0 aliphatic carbocycles. The molecule has 0 saturated carbocycles. The van der Waals surface area contributed by atoms with E-state index < -0.39 is 36.3 Å². The molecule has 206 valence electrons. The average molecular weight is 541 g/mol. The minimum atomic E-state index is -1.05. The molecule has 4 rings (SSSR count). The SMILES string of the molecule is C=CCO[C@H]1[C@@H](NC(=O)OCc2ccccc2)C(=O)N1C(C(=O)OC(c1ccccc1)c1ccccc1)=C(C)C. The minimum absolute atomic E-state index is 0.0430. The van der Waals surface area contributed by atoms with Crippen molar-refractivity contribution in [3.8, 4) is 0 Å². The first kappa shape index (κ1) is 28.3. The van der Waals surface area contributed by atoms with E-state index in [4.69, 9.17) is 14.2 Å². The molecule has 3 aromatic carbocycles. The van der Waals surface area contributed by atoms with Gasteiger partial charge in [0.05, 0.1) is 6.61 Å². The summed E-state index contributed by atoms with van der Waals surface area (Å²) >= 11 is 0. The number of esters is 1. The first-order valence-corrected chi connectivity index (χ1v) is 12.9. The highest BCUT2D eigenvalue weighted by Gasteiger charge is 2.53. The molecule has 0 radical (unpaired) electrons. The minimum Gasteiger partial charge on any atom is -0.448 e. The van der Waals surface area contributed by atoms with E-state index in [0.717, 1.165) is 16.7 Å². The van der Waals surface area contributed by atoms with Crippen molar-refractivity contribution < 1.29 is 28.6 Å². The Morgan fingerprint density at radius 3 is 2.00 bits per heavy atom. The number of carbonyl (C=O) groups excluding carboxylic acids is 3. The molecule has 0 bridgehead atoms. The fourth-order valence-electron chi connectivity index (χ4n) is 4.35. The van der Waals surface area contributed by atoms with E-state index in [1.807, 2.05) is 91.0 Å². The van der Waals surface area contributed by atoms with Crippen LogP contribution in [0.15, 0.2) is 115 Å². The van der Waals surface area contributed by atoms with Gasteiger partial charge in [0, 0.05) is 0 Å². The van der Waals surface area contributed by atoms with Gasteiger partial charge in [-0.25, -0.2) is 9.59 Å². The van der Waals surface area contributed by atoms with E-state index in [1.165, 1.54) is 11.0 Å². The van der Waals surface area contributed by atoms with Crippen LogP contribution in [0.3, 0.4) is 0 Å². The zero-order valence-electron chi connectivity index (χ0n) is 22.5. The summed E-state index contributed by atoms with van der Waals surface area (Å²) in [7, 11) is 0. The highest BCUT2D eigenvalue weighted by atomic mass is 16.6. The Hall–Kier alpha value is -4.69. The number of hydrogen-bond donors (Lipinski definition) is 1. The molecule has 1 fully saturated rings. The van der Waals surface area contributed by atoms with Gasteiger partial charge in [-0.2, -0.15) is 0 Å². The van der Waals surface area contributed by atoms with Crippen LogP contribution in [0.4, 0.5) is 4.79 Å². The molecule has 0 spiro atoms. The summed E-state index contributed by atoms with van der Waals surface area (Å²) in [6.45, 7) is 7.22. The maximum absolute atomic E-state index is 13.7. The third-order valence-corrected chi connectivity index (χ3v) is 6.25. The number of rotatable bonds is 11. The zero-order chi connectivity index (χ0) is 28.5. The third kappa shape index (κ3) is 6.65. The van der Waals surface area contributed by atoms with Crippen LogP contribution in [0.2, 0.25) is 0 Å². The van der Waals surface area contributed by atoms with E-state index in [2.05, 4.69) is 11.9 Å². The fourth-order valence-corrected chi connectivity index (χ4v) is 4.35. The van der Waals surface area contributed by atoms with Gasteiger partial charge in [0.25, 0.3) is 5.91 Å². The Morgan fingerprint density at radius 1 is 0.925 bits per heavy atom. The summed E-state index contributed by atoms with van der Waals surface area (Å²) in [5.74, 6) is -1.21. The van der Waals surface area contributed by atoms with E-state index in [0.29, 0.717) is 5.57 Å². The number of ether oxygens (including phenoxy) is 3. The Balaban J connectivity index is 1.52.